The lowest BCUT2D eigenvalue weighted by Crippen LogP contribution is -2.44. The molecule has 0 spiro atoms. The molecule has 0 bridgehead atoms. The summed E-state index contributed by atoms with van der Waals surface area (Å²) in [5.41, 5.74) is 0.0532. The molecule has 13 heavy (non-hydrogen) atoms. The van der Waals surface area contributed by atoms with E-state index in [1.165, 1.54) is 0 Å². The molecule has 0 radical (unpaired) electrons. The van der Waals surface area contributed by atoms with Gasteiger partial charge in [0.25, 0.3) is 5.97 Å². The minimum atomic E-state index is -0.720. The van der Waals surface area contributed by atoms with Gasteiger partial charge in [0, 0.05) is 11.4 Å². The van der Waals surface area contributed by atoms with Crippen molar-refractivity contribution in [2.45, 2.75) is 44.5 Å². The van der Waals surface area contributed by atoms with Crippen LogP contribution in [-0.2, 0) is 4.79 Å². The SMILES string of the molecule is BC(CC(B)C(=O)O)NC(C)(C)C. The monoisotopic (exact) mass is 183 g/mol. The Kier molecular flexibility index (Phi) is 4.54. The molecule has 0 aliphatic carbocycles. The van der Waals surface area contributed by atoms with Crippen molar-refractivity contribution in [3.63, 3.8) is 0 Å². The highest BCUT2D eigenvalue weighted by Crippen LogP contribution is 2.10. The largest absolute Gasteiger partial charge is 0.482 e. The molecule has 2 N–H and O–H groups in total. The summed E-state index contributed by atoms with van der Waals surface area (Å²) in [6.07, 6.45) is 0.673. The maximum absolute atomic E-state index is 10.6. The van der Waals surface area contributed by atoms with E-state index in [-0.39, 0.29) is 17.3 Å². The van der Waals surface area contributed by atoms with Crippen molar-refractivity contribution in [2.24, 2.45) is 0 Å². The molecule has 0 aromatic heterocycles. The normalized spacial score (nSPS) is 16.5. The predicted octanol–water partition coefficient (Wildman–Crippen LogP) is -0.770. The highest BCUT2D eigenvalue weighted by Gasteiger charge is 2.18. The zero-order valence-electron chi connectivity index (χ0n) is 9.22. The van der Waals surface area contributed by atoms with Crippen molar-refractivity contribution in [1.82, 2.24) is 5.32 Å². The van der Waals surface area contributed by atoms with Crippen molar-refractivity contribution in [2.75, 3.05) is 0 Å². The quantitative estimate of drug-likeness (QED) is 0.562. The van der Waals surface area contributed by atoms with Crippen LogP contribution in [-0.4, -0.2) is 38.2 Å². The first kappa shape index (κ1) is 12.6. The Morgan fingerprint density at radius 1 is 1.46 bits per heavy atom. The Hall–Kier alpha value is -0.440. The number of rotatable bonds is 4. The van der Waals surface area contributed by atoms with Crippen LogP contribution in [0.3, 0.4) is 0 Å². The third-order valence-electron chi connectivity index (χ3n) is 1.81. The fourth-order valence-electron chi connectivity index (χ4n) is 1.43. The first-order valence-corrected chi connectivity index (χ1v) is 4.73. The molecule has 0 fully saturated rings. The predicted molar refractivity (Wildman–Crippen MR) is 59.8 cm³/mol. The molecule has 0 amide bonds. The molecule has 74 valence electrons. The van der Waals surface area contributed by atoms with Gasteiger partial charge in [0.15, 0.2) is 0 Å². The van der Waals surface area contributed by atoms with E-state index in [9.17, 15) is 4.79 Å². The summed E-state index contributed by atoms with van der Waals surface area (Å²) in [6.45, 7) is 6.23. The molecule has 2 atom stereocenters. The van der Waals surface area contributed by atoms with Crippen molar-refractivity contribution in [1.29, 1.82) is 0 Å². The molecule has 0 saturated heterocycles. The molecule has 3 nitrogen and oxygen atoms in total. The number of carboxylic acid groups (broad SMARTS) is 1. The van der Waals surface area contributed by atoms with Gasteiger partial charge in [-0.25, -0.2) is 0 Å². The molecule has 0 aromatic rings. The summed E-state index contributed by atoms with van der Waals surface area (Å²) >= 11 is 0. The van der Waals surface area contributed by atoms with Crippen LogP contribution in [0.4, 0.5) is 0 Å². The molecule has 5 heteroatoms. The second-order valence-corrected chi connectivity index (χ2v) is 4.77. The first-order chi connectivity index (χ1) is 5.72. The molecular weight excluding hydrogens is 164 g/mol. The summed E-state index contributed by atoms with van der Waals surface area (Å²) in [4.78, 5) is 10.6. The number of carboxylic acids is 1. The first-order valence-electron chi connectivity index (χ1n) is 4.73. The van der Waals surface area contributed by atoms with Crippen LogP contribution in [0.15, 0.2) is 0 Å². The summed E-state index contributed by atoms with van der Waals surface area (Å²) in [7, 11) is 3.76. The Bertz CT molecular complexity index is 179. The Labute approximate surface area is 82.1 Å². The van der Waals surface area contributed by atoms with Gasteiger partial charge >= 0.3 is 0 Å². The van der Waals surface area contributed by atoms with Crippen molar-refractivity contribution in [3.05, 3.63) is 0 Å². The zero-order chi connectivity index (χ0) is 10.6. The zero-order valence-corrected chi connectivity index (χ0v) is 9.22. The summed E-state index contributed by atoms with van der Waals surface area (Å²) < 4.78 is 0. The van der Waals surface area contributed by atoms with Crippen molar-refractivity contribution in [3.8, 4) is 0 Å². The molecule has 0 aliphatic heterocycles. The third-order valence-corrected chi connectivity index (χ3v) is 1.81. The number of hydrogen-bond donors (Lipinski definition) is 2. The van der Waals surface area contributed by atoms with Crippen LogP contribution in [0.5, 0.6) is 0 Å². The third kappa shape index (κ3) is 6.70. The van der Waals surface area contributed by atoms with Gasteiger partial charge in [0.05, 0.1) is 0 Å². The topological polar surface area (TPSA) is 49.3 Å². The van der Waals surface area contributed by atoms with Gasteiger partial charge in [-0.1, -0.05) is 0 Å². The van der Waals surface area contributed by atoms with E-state index in [2.05, 4.69) is 26.1 Å². The van der Waals surface area contributed by atoms with E-state index < -0.39 is 5.97 Å². The van der Waals surface area contributed by atoms with Crippen LogP contribution < -0.4 is 5.32 Å². The molecule has 0 aromatic carbocycles. The molecule has 0 aliphatic rings. The smallest absolute Gasteiger partial charge is 0.298 e. The van der Waals surface area contributed by atoms with Gasteiger partial charge in [-0.3, -0.25) is 4.79 Å². The molecule has 2 unspecified atom stereocenters. The Morgan fingerprint density at radius 3 is 2.23 bits per heavy atom. The van der Waals surface area contributed by atoms with Crippen molar-refractivity contribution < 1.29 is 9.90 Å². The van der Waals surface area contributed by atoms with Gasteiger partial charge < -0.3 is 10.4 Å². The van der Waals surface area contributed by atoms with Crippen LogP contribution in [0.2, 0.25) is 5.82 Å². The van der Waals surface area contributed by atoms with E-state index in [4.69, 9.17) is 5.11 Å². The number of hydrogen-bond acceptors (Lipinski definition) is 2. The Balaban J connectivity index is 3.88. The standard InChI is InChI=1S/C8H19B2NO2/c1-8(2,3)11-6(10)4-5(9)7(12)13/h5-6,11H,4,9-10H2,1-3H3,(H,12,13). The number of nitrogens with one attached hydrogen (secondary N) is 1. The minimum Gasteiger partial charge on any atom is -0.482 e. The lowest BCUT2D eigenvalue weighted by atomic mass is 9.76. The summed E-state index contributed by atoms with van der Waals surface area (Å²) in [5, 5.41) is 12.0. The highest BCUT2D eigenvalue weighted by molar-refractivity contribution is 6.23. The van der Waals surface area contributed by atoms with E-state index in [1.54, 1.807) is 7.85 Å². The highest BCUT2D eigenvalue weighted by atomic mass is 16.4. The Morgan fingerprint density at radius 2 is 1.92 bits per heavy atom. The molecule has 0 heterocycles. The average Bonchev–Trinajstić information content (AvgIpc) is 1.81. The fourth-order valence-corrected chi connectivity index (χ4v) is 1.43. The molecular formula is C8H19B2NO2. The molecule has 0 saturated carbocycles. The van der Waals surface area contributed by atoms with Gasteiger partial charge in [-0.05, 0) is 33.1 Å². The second kappa shape index (κ2) is 4.70. The lowest BCUT2D eigenvalue weighted by molar-refractivity contribution is -0.137. The van der Waals surface area contributed by atoms with Crippen molar-refractivity contribution >= 4 is 21.7 Å². The van der Waals surface area contributed by atoms with Gasteiger partial charge in [-0.2, -0.15) is 0 Å². The summed E-state index contributed by atoms with van der Waals surface area (Å²) in [6, 6.07) is 0. The second-order valence-electron chi connectivity index (χ2n) is 4.77. The lowest BCUT2D eigenvalue weighted by Gasteiger charge is -2.27. The number of aliphatic carboxylic acids is 1. The van der Waals surface area contributed by atoms with Crippen LogP contribution in [0.1, 0.15) is 27.2 Å². The fraction of sp³-hybridized carbons (Fsp3) is 0.875. The maximum atomic E-state index is 10.6. The van der Waals surface area contributed by atoms with E-state index >= 15 is 0 Å². The average molecular weight is 183 g/mol. The van der Waals surface area contributed by atoms with Crippen LogP contribution in [0, 0.1) is 0 Å². The van der Waals surface area contributed by atoms with E-state index in [0.717, 1.165) is 0 Å². The summed E-state index contributed by atoms with van der Waals surface area (Å²) in [5.74, 6) is -0.751. The van der Waals surface area contributed by atoms with E-state index in [1.807, 2.05) is 7.85 Å². The van der Waals surface area contributed by atoms with Crippen LogP contribution >= 0.6 is 0 Å². The maximum Gasteiger partial charge on any atom is 0.298 e. The number of carbonyl (C=O) groups is 1. The van der Waals surface area contributed by atoms with Gasteiger partial charge in [0.2, 0.25) is 0 Å². The van der Waals surface area contributed by atoms with Gasteiger partial charge in [-0.15, -0.1) is 0 Å². The van der Waals surface area contributed by atoms with Gasteiger partial charge in [0.1, 0.15) is 15.7 Å². The minimum absolute atomic E-state index is 0.0532. The van der Waals surface area contributed by atoms with Crippen LogP contribution in [0.25, 0.3) is 0 Å². The van der Waals surface area contributed by atoms with E-state index in [0.29, 0.717) is 6.42 Å². The molecule has 0 rings (SSSR count).